The number of pyridine rings is 1. The van der Waals surface area contributed by atoms with Gasteiger partial charge in [-0.1, -0.05) is 12.1 Å². The molecule has 0 saturated carbocycles. The molecule has 0 radical (unpaired) electrons. The lowest BCUT2D eigenvalue weighted by atomic mass is 10.1. The van der Waals surface area contributed by atoms with Crippen molar-refractivity contribution in [1.82, 2.24) is 9.71 Å². The van der Waals surface area contributed by atoms with Crippen molar-refractivity contribution in [2.24, 2.45) is 0 Å². The van der Waals surface area contributed by atoms with Gasteiger partial charge in [0.1, 0.15) is 4.90 Å². The summed E-state index contributed by atoms with van der Waals surface area (Å²) in [4.78, 5) is 12.8. The molecule has 7 nitrogen and oxygen atoms in total. The van der Waals surface area contributed by atoms with E-state index in [1.165, 1.54) is 19.1 Å². The zero-order chi connectivity index (χ0) is 17.2. The number of hydrogen-bond acceptors (Lipinski definition) is 5. The van der Waals surface area contributed by atoms with Gasteiger partial charge in [-0.05, 0) is 29.0 Å². The summed E-state index contributed by atoms with van der Waals surface area (Å²) >= 11 is 0. The third-order valence-electron chi connectivity index (χ3n) is 3.00. The fraction of sp³-hybridized carbons (Fsp3) is 0.154. The Hall–Kier alpha value is -2.46. The van der Waals surface area contributed by atoms with E-state index in [9.17, 15) is 27.3 Å². The summed E-state index contributed by atoms with van der Waals surface area (Å²) in [7, 11) is -4.10. The Kier molecular flexibility index (Phi) is 4.66. The van der Waals surface area contributed by atoms with Crippen molar-refractivity contribution in [2.75, 3.05) is 0 Å². The molecule has 23 heavy (non-hydrogen) atoms. The highest BCUT2D eigenvalue weighted by Gasteiger charge is 2.23. The Morgan fingerprint density at radius 1 is 1.26 bits per heavy atom. The first-order valence-electron chi connectivity index (χ1n) is 6.29. The molecule has 1 aromatic heterocycles. The van der Waals surface area contributed by atoms with Crippen LogP contribution in [0.2, 0.25) is 0 Å². The summed E-state index contributed by atoms with van der Waals surface area (Å²) in [6.07, 6.45) is 0.815. The van der Waals surface area contributed by atoms with Crippen LogP contribution in [-0.4, -0.2) is 18.3 Å². The molecule has 0 aliphatic rings. The maximum Gasteiger partial charge on any atom is 0.363 e. The second kappa shape index (κ2) is 6.34. The summed E-state index contributed by atoms with van der Waals surface area (Å²) in [5.74, 6) is -2.75. The first-order valence-corrected chi connectivity index (χ1v) is 7.77. The number of aromatic nitrogens is 1. The molecule has 1 aromatic carbocycles. The number of halogens is 2. The predicted octanol–water partition coefficient (Wildman–Crippen LogP) is 2.31. The lowest BCUT2D eigenvalue weighted by molar-refractivity contribution is -0.389. The highest BCUT2D eigenvalue weighted by molar-refractivity contribution is 7.89. The molecule has 2 rings (SSSR count). The van der Waals surface area contributed by atoms with Crippen LogP contribution in [0, 0.1) is 21.7 Å². The van der Waals surface area contributed by atoms with E-state index in [0.717, 1.165) is 24.4 Å². The average Bonchev–Trinajstić information content (AvgIpc) is 2.49. The van der Waals surface area contributed by atoms with Crippen molar-refractivity contribution >= 4 is 15.8 Å². The number of nitro groups is 1. The maximum absolute atomic E-state index is 13.7. The predicted molar refractivity (Wildman–Crippen MR) is 76.0 cm³/mol. The smallest absolute Gasteiger partial charge is 0.358 e. The zero-order valence-corrected chi connectivity index (χ0v) is 12.5. The van der Waals surface area contributed by atoms with Crippen molar-refractivity contribution in [2.45, 2.75) is 17.9 Å². The van der Waals surface area contributed by atoms with E-state index in [-0.39, 0.29) is 10.5 Å². The van der Waals surface area contributed by atoms with E-state index in [1.54, 1.807) is 0 Å². The number of nitrogens with zero attached hydrogens (tertiary/aromatic N) is 2. The van der Waals surface area contributed by atoms with Crippen LogP contribution >= 0.6 is 0 Å². The van der Waals surface area contributed by atoms with E-state index >= 15 is 0 Å². The molecule has 0 spiro atoms. The van der Waals surface area contributed by atoms with Crippen molar-refractivity contribution in [3.63, 3.8) is 0 Å². The van der Waals surface area contributed by atoms with Crippen molar-refractivity contribution in [1.29, 1.82) is 0 Å². The normalized spacial score (nSPS) is 12.8. The number of hydrogen-bond donors (Lipinski definition) is 1. The van der Waals surface area contributed by atoms with Crippen LogP contribution in [0.15, 0.2) is 41.4 Å². The Bertz CT molecular complexity index is 841. The van der Waals surface area contributed by atoms with Gasteiger partial charge in [-0.2, -0.15) is 0 Å². The minimum Gasteiger partial charge on any atom is -0.358 e. The van der Waals surface area contributed by atoms with Gasteiger partial charge in [0.2, 0.25) is 10.0 Å². The third-order valence-corrected chi connectivity index (χ3v) is 4.52. The number of sulfonamides is 1. The van der Waals surface area contributed by atoms with Crippen LogP contribution in [0.5, 0.6) is 0 Å². The van der Waals surface area contributed by atoms with Crippen LogP contribution in [0.4, 0.5) is 14.6 Å². The maximum atomic E-state index is 13.7. The minimum atomic E-state index is -4.10. The van der Waals surface area contributed by atoms with Crippen LogP contribution in [0.25, 0.3) is 0 Å². The molecule has 0 bridgehead atoms. The van der Waals surface area contributed by atoms with Gasteiger partial charge in [-0.3, -0.25) is 0 Å². The quantitative estimate of drug-likeness (QED) is 0.663. The van der Waals surface area contributed by atoms with E-state index in [0.29, 0.717) is 0 Å². The Morgan fingerprint density at radius 3 is 2.52 bits per heavy atom. The van der Waals surface area contributed by atoms with E-state index in [4.69, 9.17) is 0 Å². The minimum absolute atomic E-state index is 0.163. The van der Waals surface area contributed by atoms with Gasteiger partial charge >= 0.3 is 5.82 Å². The fourth-order valence-electron chi connectivity index (χ4n) is 1.86. The van der Waals surface area contributed by atoms with Gasteiger partial charge in [-0.15, -0.1) is 0 Å². The number of benzene rings is 1. The van der Waals surface area contributed by atoms with Crippen molar-refractivity contribution in [3.05, 3.63) is 63.8 Å². The summed E-state index contributed by atoms with van der Waals surface area (Å²) in [5.41, 5.74) is -0.163. The van der Waals surface area contributed by atoms with Crippen LogP contribution in [0.3, 0.4) is 0 Å². The molecular formula is C13H11F2N3O4S. The Labute approximate surface area is 130 Å². The van der Waals surface area contributed by atoms with Gasteiger partial charge in [0.05, 0.1) is 0 Å². The SMILES string of the molecule is C[C@H](NS(=O)(=O)c1ccc([N+](=O)[O-])nc1)c1cccc(F)c1F. The van der Waals surface area contributed by atoms with Crippen LogP contribution in [-0.2, 0) is 10.0 Å². The van der Waals surface area contributed by atoms with Gasteiger partial charge in [0, 0.05) is 17.7 Å². The topological polar surface area (TPSA) is 102 Å². The highest BCUT2D eigenvalue weighted by atomic mass is 32.2. The Balaban J connectivity index is 2.27. The van der Waals surface area contributed by atoms with Gasteiger partial charge in [-0.25, -0.2) is 21.9 Å². The Morgan fingerprint density at radius 2 is 1.96 bits per heavy atom. The molecule has 0 amide bonds. The first-order chi connectivity index (χ1) is 10.7. The summed E-state index contributed by atoms with van der Waals surface area (Å²) in [6, 6.07) is 4.31. The zero-order valence-electron chi connectivity index (χ0n) is 11.7. The van der Waals surface area contributed by atoms with Gasteiger partial charge in [0.15, 0.2) is 17.8 Å². The van der Waals surface area contributed by atoms with Crippen molar-refractivity contribution < 1.29 is 22.1 Å². The summed E-state index contributed by atoms with van der Waals surface area (Å²) in [6.45, 7) is 1.34. The molecule has 1 N–H and O–H groups in total. The molecule has 0 unspecified atom stereocenters. The molecule has 10 heteroatoms. The second-order valence-corrected chi connectivity index (χ2v) is 6.31. The first kappa shape index (κ1) is 16.9. The molecule has 1 heterocycles. The molecule has 0 saturated heterocycles. The second-order valence-electron chi connectivity index (χ2n) is 4.60. The summed E-state index contributed by atoms with van der Waals surface area (Å²) < 4.78 is 53.3. The monoisotopic (exact) mass is 343 g/mol. The summed E-state index contributed by atoms with van der Waals surface area (Å²) in [5, 5.41) is 10.5. The molecular weight excluding hydrogens is 332 g/mol. The lowest BCUT2D eigenvalue weighted by Crippen LogP contribution is -2.27. The van der Waals surface area contributed by atoms with Crippen LogP contribution in [0.1, 0.15) is 18.5 Å². The number of nitrogens with one attached hydrogen (secondary N) is 1. The number of rotatable bonds is 5. The van der Waals surface area contributed by atoms with Gasteiger partial charge < -0.3 is 10.1 Å². The molecule has 0 aliphatic heterocycles. The largest absolute Gasteiger partial charge is 0.363 e. The van der Waals surface area contributed by atoms with Crippen molar-refractivity contribution in [3.8, 4) is 0 Å². The van der Waals surface area contributed by atoms with Gasteiger partial charge in [0.25, 0.3) is 0 Å². The van der Waals surface area contributed by atoms with E-state index in [2.05, 4.69) is 9.71 Å². The highest BCUT2D eigenvalue weighted by Crippen LogP contribution is 2.21. The van der Waals surface area contributed by atoms with Crippen LogP contribution < -0.4 is 4.72 Å². The van der Waals surface area contributed by atoms with E-state index in [1.807, 2.05) is 0 Å². The third kappa shape index (κ3) is 3.66. The van der Waals surface area contributed by atoms with E-state index < -0.39 is 38.4 Å². The molecule has 122 valence electrons. The average molecular weight is 343 g/mol. The molecule has 0 fully saturated rings. The fourth-order valence-corrected chi connectivity index (χ4v) is 3.03. The molecule has 1 atom stereocenters. The molecule has 2 aromatic rings. The standard InChI is InChI=1S/C13H11F2N3O4S/c1-8(10-3-2-4-11(14)13(10)15)17-23(21,22)9-5-6-12(16-7-9)18(19)20/h2-8,17H,1H3/t8-/m0/s1. The molecule has 0 aliphatic carbocycles. The lowest BCUT2D eigenvalue weighted by Gasteiger charge is -2.15.